The molecule has 0 amide bonds. The number of hydrazine groups is 1. The second-order valence-electron chi connectivity index (χ2n) is 2.93. The van der Waals surface area contributed by atoms with Crippen LogP contribution >= 0.6 is 0 Å². The Hall–Kier alpha value is -1.42. The minimum Gasteiger partial charge on any atom is -0.308 e. The van der Waals surface area contributed by atoms with E-state index in [1.54, 1.807) is 6.07 Å². The molecule has 0 bridgehead atoms. The molecule has 0 atom stereocenters. The van der Waals surface area contributed by atoms with E-state index in [1.807, 2.05) is 13.8 Å². The minimum absolute atomic E-state index is 0.251. The smallest absolute Gasteiger partial charge is 0.142 e. The summed E-state index contributed by atoms with van der Waals surface area (Å²) >= 11 is 0. The van der Waals surface area contributed by atoms with Crippen LogP contribution in [0.5, 0.6) is 0 Å². The highest BCUT2D eigenvalue weighted by molar-refractivity contribution is 5.99. The summed E-state index contributed by atoms with van der Waals surface area (Å²) in [5.74, 6) is 5.66. The van der Waals surface area contributed by atoms with Crippen LogP contribution < -0.4 is 11.3 Å². The first-order chi connectivity index (χ1) is 6.69. The van der Waals surface area contributed by atoms with Crippen molar-refractivity contribution in [1.82, 2.24) is 5.43 Å². The Morgan fingerprint density at radius 2 is 2.29 bits per heavy atom. The monoisotopic (exact) mass is 195 g/mol. The van der Waals surface area contributed by atoms with Gasteiger partial charge in [-0.2, -0.15) is 0 Å². The lowest BCUT2D eigenvalue weighted by molar-refractivity contribution is 0.626. The molecule has 0 unspecified atom stereocenters. The molecule has 0 aliphatic carbocycles. The summed E-state index contributed by atoms with van der Waals surface area (Å²) in [6.07, 6.45) is 0. The average Bonchev–Trinajstić information content (AvgIpc) is 2.15. The zero-order valence-electron chi connectivity index (χ0n) is 8.34. The van der Waals surface area contributed by atoms with Gasteiger partial charge in [0, 0.05) is 12.1 Å². The predicted molar refractivity (Wildman–Crippen MR) is 55.5 cm³/mol. The number of halogens is 1. The van der Waals surface area contributed by atoms with Gasteiger partial charge in [-0.15, -0.1) is 0 Å². The lowest BCUT2D eigenvalue weighted by atomic mass is 10.1. The Labute approximate surface area is 82.8 Å². The number of aryl methyl sites for hydroxylation is 1. The average molecular weight is 195 g/mol. The van der Waals surface area contributed by atoms with Crippen molar-refractivity contribution < 1.29 is 4.39 Å². The maximum absolute atomic E-state index is 12.8. The van der Waals surface area contributed by atoms with Crippen molar-refractivity contribution in [2.24, 2.45) is 10.8 Å². The molecule has 0 aromatic heterocycles. The summed E-state index contributed by atoms with van der Waals surface area (Å²) in [5, 5.41) is 0. The van der Waals surface area contributed by atoms with E-state index in [0.717, 1.165) is 11.1 Å². The molecule has 1 aromatic carbocycles. The number of nitrogens with two attached hydrogens (primary N) is 1. The normalized spacial score (nSPS) is 11.6. The maximum Gasteiger partial charge on any atom is 0.142 e. The van der Waals surface area contributed by atoms with Crippen molar-refractivity contribution in [3.8, 4) is 0 Å². The van der Waals surface area contributed by atoms with E-state index in [-0.39, 0.29) is 5.82 Å². The largest absolute Gasteiger partial charge is 0.308 e. The first-order valence-corrected chi connectivity index (χ1v) is 4.46. The molecule has 0 saturated heterocycles. The SMILES string of the molecule is CCN=C(NN)c1ccc(F)cc1C. The first kappa shape index (κ1) is 10.7. The van der Waals surface area contributed by atoms with Crippen LogP contribution in [-0.4, -0.2) is 12.4 Å². The van der Waals surface area contributed by atoms with Crippen molar-refractivity contribution in [2.45, 2.75) is 13.8 Å². The zero-order valence-corrected chi connectivity index (χ0v) is 8.34. The fraction of sp³-hybridized carbons (Fsp3) is 0.300. The number of nitrogens with zero attached hydrogens (tertiary/aromatic N) is 1. The van der Waals surface area contributed by atoms with Crippen LogP contribution in [-0.2, 0) is 0 Å². The zero-order chi connectivity index (χ0) is 10.6. The number of nitrogens with one attached hydrogen (secondary N) is 1. The molecule has 1 aromatic rings. The van der Waals surface area contributed by atoms with Crippen LogP contribution in [0.2, 0.25) is 0 Å². The second kappa shape index (κ2) is 4.72. The summed E-state index contributed by atoms with van der Waals surface area (Å²) in [6.45, 7) is 4.37. The van der Waals surface area contributed by atoms with Crippen molar-refractivity contribution >= 4 is 5.84 Å². The molecule has 0 spiro atoms. The first-order valence-electron chi connectivity index (χ1n) is 4.46. The Kier molecular flexibility index (Phi) is 3.59. The fourth-order valence-corrected chi connectivity index (χ4v) is 1.26. The third kappa shape index (κ3) is 2.29. The van der Waals surface area contributed by atoms with E-state index in [2.05, 4.69) is 10.4 Å². The fourth-order valence-electron chi connectivity index (χ4n) is 1.26. The molecule has 0 radical (unpaired) electrons. The molecule has 1 rings (SSSR count). The molecular weight excluding hydrogens is 181 g/mol. The number of hydrogen-bond acceptors (Lipinski definition) is 2. The van der Waals surface area contributed by atoms with Gasteiger partial charge in [-0.1, -0.05) is 0 Å². The Bertz CT molecular complexity index is 347. The standard InChI is InChI=1S/C10H14FN3/c1-3-13-10(14-12)9-5-4-8(11)6-7(9)2/h4-6H,3,12H2,1-2H3,(H,13,14). The summed E-state index contributed by atoms with van der Waals surface area (Å²) in [6, 6.07) is 4.52. The second-order valence-corrected chi connectivity index (χ2v) is 2.93. The van der Waals surface area contributed by atoms with Crippen LogP contribution in [0.15, 0.2) is 23.2 Å². The van der Waals surface area contributed by atoms with E-state index < -0.39 is 0 Å². The predicted octanol–water partition coefficient (Wildman–Crippen LogP) is 1.36. The van der Waals surface area contributed by atoms with Gasteiger partial charge < -0.3 is 5.43 Å². The highest BCUT2D eigenvalue weighted by Gasteiger charge is 2.05. The summed E-state index contributed by atoms with van der Waals surface area (Å²) in [5.41, 5.74) is 4.15. The third-order valence-electron chi connectivity index (χ3n) is 1.90. The Morgan fingerprint density at radius 3 is 2.79 bits per heavy atom. The van der Waals surface area contributed by atoms with Crippen molar-refractivity contribution in [3.63, 3.8) is 0 Å². The topological polar surface area (TPSA) is 50.4 Å². The quantitative estimate of drug-likeness (QED) is 0.324. The van der Waals surface area contributed by atoms with Gasteiger partial charge in [0.1, 0.15) is 11.7 Å². The molecule has 0 heterocycles. The molecule has 3 nitrogen and oxygen atoms in total. The molecule has 4 heteroatoms. The molecule has 0 aliphatic heterocycles. The minimum atomic E-state index is -0.251. The summed E-state index contributed by atoms with van der Waals surface area (Å²) in [4.78, 5) is 4.16. The van der Waals surface area contributed by atoms with Gasteiger partial charge in [0.15, 0.2) is 0 Å². The van der Waals surface area contributed by atoms with Gasteiger partial charge in [0.2, 0.25) is 0 Å². The number of benzene rings is 1. The number of amidine groups is 1. The molecule has 0 fully saturated rings. The third-order valence-corrected chi connectivity index (χ3v) is 1.90. The van der Waals surface area contributed by atoms with E-state index in [9.17, 15) is 4.39 Å². The number of rotatable bonds is 2. The maximum atomic E-state index is 12.8. The van der Waals surface area contributed by atoms with Crippen molar-refractivity contribution in [1.29, 1.82) is 0 Å². The van der Waals surface area contributed by atoms with E-state index in [4.69, 9.17) is 5.84 Å². The Balaban J connectivity index is 3.11. The highest BCUT2D eigenvalue weighted by Crippen LogP contribution is 2.10. The van der Waals surface area contributed by atoms with Crippen LogP contribution in [0, 0.1) is 12.7 Å². The van der Waals surface area contributed by atoms with Crippen LogP contribution in [0.1, 0.15) is 18.1 Å². The molecular formula is C10H14FN3. The lowest BCUT2D eigenvalue weighted by Gasteiger charge is -2.08. The van der Waals surface area contributed by atoms with E-state index in [0.29, 0.717) is 12.4 Å². The van der Waals surface area contributed by atoms with Gasteiger partial charge in [0.05, 0.1) is 0 Å². The van der Waals surface area contributed by atoms with Crippen LogP contribution in [0.3, 0.4) is 0 Å². The van der Waals surface area contributed by atoms with Gasteiger partial charge in [-0.05, 0) is 37.6 Å². The van der Waals surface area contributed by atoms with Crippen molar-refractivity contribution in [3.05, 3.63) is 35.1 Å². The molecule has 0 saturated carbocycles. The van der Waals surface area contributed by atoms with E-state index >= 15 is 0 Å². The van der Waals surface area contributed by atoms with Crippen molar-refractivity contribution in [2.75, 3.05) is 6.54 Å². The molecule has 3 N–H and O–H groups in total. The van der Waals surface area contributed by atoms with Gasteiger partial charge in [-0.3, -0.25) is 4.99 Å². The lowest BCUT2D eigenvalue weighted by Crippen LogP contribution is -2.31. The van der Waals surface area contributed by atoms with Gasteiger partial charge in [-0.25, -0.2) is 10.2 Å². The van der Waals surface area contributed by atoms with Gasteiger partial charge in [0.25, 0.3) is 0 Å². The number of aliphatic imine (C=N–C) groups is 1. The van der Waals surface area contributed by atoms with Crippen LogP contribution in [0.4, 0.5) is 4.39 Å². The van der Waals surface area contributed by atoms with E-state index in [1.165, 1.54) is 12.1 Å². The molecule has 76 valence electrons. The Morgan fingerprint density at radius 1 is 1.57 bits per heavy atom. The molecule has 14 heavy (non-hydrogen) atoms. The highest BCUT2D eigenvalue weighted by atomic mass is 19.1. The molecule has 0 aliphatic rings. The summed E-state index contributed by atoms with van der Waals surface area (Å²) in [7, 11) is 0. The van der Waals surface area contributed by atoms with Crippen LogP contribution in [0.25, 0.3) is 0 Å². The number of hydrogen-bond donors (Lipinski definition) is 2. The van der Waals surface area contributed by atoms with Gasteiger partial charge >= 0.3 is 0 Å². The summed E-state index contributed by atoms with van der Waals surface area (Å²) < 4.78 is 12.8.